The zero-order valence-electron chi connectivity index (χ0n) is 17.2. The Balaban J connectivity index is 2.73. The van der Waals surface area contributed by atoms with Gasteiger partial charge in [0.2, 0.25) is 23.6 Å². The summed E-state index contributed by atoms with van der Waals surface area (Å²) in [4.78, 5) is 61.3. The number of hydrogen-bond acceptors (Lipinski definition) is 7. The largest absolute Gasteiger partial charge is 0.480 e. The van der Waals surface area contributed by atoms with Gasteiger partial charge in [0.1, 0.15) is 18.1 Å². The SMILES string of the molecule is CC[C@H](C)[C@H](NC(=O)[C@@H]1CCCN1C(=O)CN)C(=O)NCC(=O)N[C@@H](CO)C(=O)O. The van der Waals surface area contributed by atoms with E-state index in [1.165, 1.54) is 4.90 Å². The Morgan fingerprint density at radius 1 is 1.20 bits per heavy atom. The van der Waals surface area contributed by atoms with Crippen molar-refractivity contribution in [2.75, 3.05) is 26.2 Å². The third-order valence-electron chi connectivity index (χ3n) is 5.08. The third kappa shape index (κ3) is 6.95. The number of nitrogens with two attached hydrogens (primary N) is 1. The molecule has 12 nitrogen and oxygen atoms in total. The van der Waals surface area contributed by atoms with Crippen molar-refractivity contribution in [1.82, 2.24) is 20.9 Å². The predicted molar refractivity (Wildman–Crippen MR) is 105 cm³/mol. The molecule has 4 atom stereocenters. The fourth-order valence-electron chi connectivity index (χ4n) is 3.11. The number of carboxylic acids is 1. The molecule has 1 saturated heterocycles. The first-order valence-corrected chi connectivity index (χ1v) is 9.86. The zero-order valence-corrected chi connectivity index (χ0v) is 17.2. The number of nitrogens with one attached hydrogen (secondary N) is 3. The number of nitrogens with zero attached hydrogens (tertiary/aromatic N) is 1. The molecule has 170 valence electrons. The van der Waals surface area contributed by atoms with E-state index in [1.54, 1.807) is 6.92 Å². The second-order valence-electron chi connectivity index (χ2n) is 7.18. The molecule has 7 N–H and O–H groups in total. The molecule has 4 amide bonds. The van der Waals surface area contributed by atoms with Gasteiger partial charge < -0.3 is 36.8 Å². The Labute approximate surface area is 174 Å². The number of carbonyl (C=O) groups excluding carboxylic acids is 4. The van der Waals surface area contributed by atoms with Crippen molar-refractivity contribution >= 4 is 29.6 Å². The summed E-state index contributed by atoms with van der Waals surface area (Å²) in [7, 11) is 0. The van der Waals surface area contributed by atoms with Crippen LogP contribution in [0.2, 0.25) is 0 Å². The molecule has 0 spiro atoms. The van der Waals surface area contributed by atoms with Crippen LogP contribution in [0.4, 0.5) is 0 Å². The minimum absolute atomic E-state index is 0.209. The number of likely N-dealkylation sites (tertiary alicyclic amines) is 1. The topological polar surface area (TPSA) is 191 Å². The van der Waals surface area contributed by atoms with Gasteiger partial charge in [-0.3, -0.25) is 19.2 Å². The van der Waals surface area contributed by atoms with Gasteiger partial charge in [-0.1, -0.05) is 20.3 Å². The number of carbonyl (C=O) groups is 5. The van der Waals surface area contributed by atoms with Crippen molar-refractivity contribution in [2.24, 2.45) is 11.7 Å². The lowest BCUT2D eigenvalue weighted by molar-refractivity contribution is -0.142. The maximum atomic E-state index is 12.7. The molecule has 1 aliphatic heterocycles. The summed E-state index contributed by atoms with van der Waals surface area (Å²) in [6, 6.07) is -3.13. The fraction of sp³-hybridized carbons (Fsp3) is 0.722. The number of hydrogen-bond donors (Lipinski definition) is 6. The van der Waals surface area contributed by atoms with Crippen LogP contribution in [0.15, 0.2) is 0 Å². The standard InChI is InChI=1S/C18H31N5O7/c1-3-10(2)15(17(28)20-8-13(25)21-11(9-24)18(29)30)22-16(27)12-5-4-6-23(12)14(26)7-19/h10-12,15,24H,3-9,19H2,1-2H3,(H,20,28)(H,21,25)(H,22,27)(H,29,30)/t10-,11-,12-,15-/m0/s1. The van der Waals surface area contributed by atoms with E-state index in [2.05, 4.69) is 16.0 Å². The molecule has 30 heavy (non-hydrogen) atoms. The second-order valence-corrected chi connectivity index (χ2v) is 7.18. The molecule has 1 heterocycles. The predicted octanol–water partition coefficient (Wildman–Crippen LogP) is -2.86. The van der Waals surface area contributed by atoms with Crippen LogP contribution >= 0.6 is 0 Å². The van der Waals surface area contributed by atoms with Crippen molar-refractivity contribution in [3.63, 3.8) is 0 Å². The lowest BCUT2D eigenvalue weighted by Crippen LogP contribution is -2.56. The number of amides is 4. The number of rotatable bonds is 11. The number of carboxylic acid groups (broad SMARTS) is 1. The summed E-state index contributed by atoms with van der Waals surface area (Å²) >= 11 is 0. The van der Waals surface area contributed by atoms with Gasteiger partial charge in [0.25, 0.3) is 0 Å². The van der Waals surface area contributed by atoms with E-state index >= 15 is 0 Å². The average molecular weight is 429 g/mol. The van der Waals surface area contributed by atoms with Crippen LogP contribution in [0.3, 0.4) is 0 Å². The van der Waals surface area contributed by atoms with Crippen LogP contribution in [-0.2, 0) is 24.0 Å². The molecule has 0 aromatic heterocycles. The van der Waals surface area contributed by atoms with Crippen molar-refractivity contribution in [3.8, 4) is 0 Å². The molecule has 0 bridgehead atoms. The molecular weight excluding hydrogens is 398 g/mol. The van der Waals surface area contributed by atoms with Gasteiger partial charge >= 0.3 is 5.97 Å². The first-order chi connectivity index (χ1) is 14.2. The molecule has 1 fully saturated rings. The average Bonchev–Trinajstić information content (AvgIpc) is 3.22. The van der Waals surface area contributed by atoms with E-state index in [9.17, 15) is 24.0 Å². The first kappa shape index (κ1) is 25.3. The van der Waals surface area contributed by atoms with Crippen LogP contribution in [-0.4, -0.2) is 89.1 Å². The Bertz CT molecular complexity index is 657. The van der Waals surface area contributed by atoms with Crippen molar-refractivity contribution in [2.45, 2.75) is 51.2 Å². The third-order valence-corrected chi connectivity index (χ3v) is 5.08. The minimum atomic E-state index is -1.48. The number of aliphatic hydroxyl groups is 1. The summed E-state index contributed by atoms with van der Waals surface area (Å²) in [6.45, 7) is 2.49. The molecule has 0 radical (unpaired) electrons. The smallest absolute Gasteiger partial charge is 0.328 e. The van der Waals surface area contributed by atoms with Crippen LogP contribution in [0.25, 0.3) is 0 Å². The number of aliphatic hydroxyl groups excluding tert-OH is 1. The van der Waals surface area contributed by atoms with Crippen LogP contribution in [0.1, 0.15) is 33.1 Å². The molecule has 1 rings (SSSR count). The van der Waals surface area contributed by atoms with Crippen LogP contribution in [0, 0.1) is 5.92 Å². The maximum absolute atomic E-state index is 12.7. The highest BCUT2D eigenvalue weighted by molar-refractivity contribution is 5.94. The molecule has 0 aromatic rings. The minimum Gasteiger partial charge on any atom is -0.480 e. The van der Waals surface area contributed by atoms with Gasteiger partial charge in [0.05, 0.1) is 19.7 Å². The van der Waals surface area contributed by atoms with E-state index in [0.29, 0.717) is 25.8 Å². The summed E-state index contributed by atoms with van der Waals surface area (Å²) in [5.74, 6) is -3.89. The van der Waals surface area contributed by atoms with E-state index in [4.69, 9.17) is 15.9 Å². The molecule has 1 aliphatic rings. The molecule has 0 aliphatic carbocycles. The Morgan fingerprint density at radius 2 is 1.87 bits per heavy atom. The van der Waals surface area contributed by atoms with Crippen molar-refractivity contribution < 1.29 is 34.2 Å². The van der Waals surface area contributed by atoms with Crippen LogP contribution < -0.4 is 21.7 Å². The normalized spacial score (nSPS) is 18.8. The summed E-state index contributed by atoms with van der Waals surface area (Å²) in [5.41, 5.74) is 5.39. The molecule has 0 saturated carbocycles. The zero-order chi connectivity index (χ0) is 22.8. The first-order valence-electron chi connectivity index (χ1n) is 9.86. The maximum Gasteiger partial charge on any atom is 0.328 e. The quantitative estimate of drug-likeness (QED) is 0.202. The van der Waals surface area contributed by atoms with Gasteiger partial charge in [-0.25, -0.2) is 4.79 Å². The Kier molecular flexibility index (Phi) is 10.2. The molecule has 0 aromatic carbocycles. The highest BCUT2D eigenvalue weighted by Gasteiger charge is 2.36. The summed E-state index contributed by atoms with van der Waals surface area (Å²) in [5, 5.41) is 24.9. The summed E-state index contributed by atoms with van der Waals surface area (Å²) < 4.78 is 0. The summed E-state index contributed by atoms with van der Waals surface area (Å²) in [6.07, 6.45) is 1.68. The van der Waals surface area contributed by atoms with E-state index < -0.39 is 55.0 Å². The van der Waals surface area contributed by atoms with E-state index in [-0.39, 0.29) is 18.4 Å². The fourth-order valence-corrected chi connectivity index (χ4v) is 3.11. The lowest BCUT2D eigenvalue weighted by Gasteiger charge is -2.28. The van der Waals surface area contributed by atoms with Gasteiger partial charge in [-0.05, 0) is 18.8 Å². The van der Waals surface area contributed by atoms with E-state index in [1.807, 2.05) is 6.92 Å². The number of aliphatic carboxylic acids is 1. The van der Waals surface area contributed by atoms with E-state index in [0.717, 1.165) is 0 Å². The Morgan fingerprint density at radius 3 is 2.40 bits per heavy atom. The second kappa shape index (κ2) is 12.1. The molecule has 12 heteroatoms. The van der Waals surface area contributed by atoms with Gasteiger partial charge in [0.15, 0.2) is 0 Å². The molecule has 0 unspecified atom stereocenters. The highest BCUT2D eigenvalue weighted by atomic mass is 16.4. The molecular formula is C18H31N5O7. The van der Waals surface area contributed by atoms with Crippen molar-refractivity contribution in [1.29, 1.82) is 0 Å². The lowest BCUT2D eigenvalue weighted by atomic mass is 9.97. The van der Waals surface area contributed by atoms with Crippen LogP contribution in [0.5, 0.6) is 0 Å². The van der Waals surface area contributed by atoms with Crippen molar-refractivity contribution in [3.05, 3.63) is 0 Å². The Hall–Kier alpha value is -2.73. The van der Waals surface area contributed by atoms with Gasteiger partial charge in [-0.2, -0.15) is 0 Å². The van der Waals surface area contributed by atoms with Gasteiger partial charge in [0, 0.05) is 6.54 Å². The monoisotopic (exact) mass is 429 g/mol. The highest BCUT2D eigenvalue weighted by Crippen LogP contribution is 2.18. The van der Waals surface area contributed by atoms with Gasteiger partial charge in [-0.15, -0.1) is 0 Å².